The molecule has 0 aliphatic carbocycles. The van der Waals surface area contributed by atoms with Crippen molar-refractivity contribution in [1.82, 2.24) is 0 Å². The summed E-state index contributed by atoms with van der Waals surface area (Å²) in [4.78, 5) is 24.0. The van der Waals surface area contributed by atoms with E-state index in [4.69, 9.17) is 11.5 Å². The number of hydrogen-bond acceptors (Lipinski definition) is 5. The third kappa shape index (κ3) is 3.49. The molecule has 1 amide bonds. The molecule has 21 heavy (non-hydrogen) atoms. The predicted octanol–water partition coefficient (Wildman–Crippen LogP) is 1.26. The van der Waals surface area contributed by atoms with Crippen molar-refractivity contribution < 1.29 is 9.72 Å². The Kier molecular flexibility index (Phi) is 4.74. The Bertz CT molecular complexity index is 545. The van der Waals surface area contributed by atoms with Gasteiger partial charge in [0.2, 0.25) is 0 Å². The van der Waals surface area contributed by atoms with Gasteiger partial charge in [-0.1, -0.05) is 0 Å². The van der Waals surface area contributed by atoms with E-state index in [1.807, 2.05) is 0 Å². The molecule has 1 fully saturated rings. The minimum Gasteiger partial charge on any atom is -0.371 e. The van der Waals surface area contributed by atoms with Crippen molar-refractivity contribution in [2.24, 2.45) is 17.4 Å². The second-order valence-corrected chi connectivity index (χ2v) is 5.35. The molecule has 1 aliphatic rings. The molecule has 114 valence electrons. The number of nitrogens with zero attached hydrogens (tertiary/aromatic N) is 2. The van der Waals surface area contributed by atoms with E-state index in [-0.39, 0.29) is 11.3 Å². The van der Waals surface area contributed by atoms with Gasteiger partial charge in [0.25, 0.3) is 11.6 Å². The first-order valence-electron chi connectivity index (χ1n) is 7.06. The topological polar surface area (TPSA) is 115 Å². The maximum atomic E-state index is 11.6. The normalized spacial score (nSPS) is 18.5. The third-order valence-electron chi connectivity index (χ3n) is 3.89. The molecule has 7 nitrogen and oxygen atoms in total. The summed E-state index contributed by atoms with van der Waals surface area (Å²) in [7, 11) is 0. The summed E-state index contributed by atoms with van der Waals surface area (Å²) in [6, 6.07) is 4.28. The van der Waals surface area contributed by atoms with E-state index in [9.17, 15) is 14.9 Å². The molecule has 1 heterocycles. The SMILES string of the molecule is NCCC1CCCN(c2ccc([N+](=O)[O-])cc2C(N)=O)C1. The van der Waals surface area contributed by atoms with Crippen molar-refractivity contribution in [2.75, 3.05) is 24.5 Å². The predicted molar refractivity (Wildman–Crippen MR) is 80.2 cm³/mol. The number of carbonyl (C=O) groups excluding carboxylic acids is 1. The smallest absolute Gasteiger partial charge is 0.270 e. The summed E-state index contributed by atoms with van der Waals surface area (Å²) in [5.74, 6) is -0.158. The highest BCUT2D eigenvalue weighted by Gasteiger charge is 2.24. The molecule has 1 aliphatic heterocycles. The number of benzene rings is 1. The molecule has 0 bridgehead atoms. The van der Waals surface area contributed by atoms with Gasteiger partial charge >= 0.3 is 0 Å². The van der Waals surface area contributed by atoms with Crippen LogP contribution in [0.4, 0.5) is 11.4 Å². The van der Waals surface area contributed by atoms with Gasteiger partial charge in [-0.2, -0.15) is 0 Å². The van der Waals surface area contributed by atoms with Crippen molar-refractivity contribution in [2.45, 2.75) is 19.3 Å². The van der Waals surface area contributed by atoms with Crippen LogP contribution in [-0.2, 0) is 0 Å². The van der Waals surface area contributed by atoms with Crippen LogP contribution in [0.5, 0.6) is 0 Å². The van der Waals surface area contributed by atoms with Gasteiger partial charge in [-0.15, -0.1) is 0 Å². The quantitative estimate of drug-likeness (QED) is 0.626. The molecule has 0 spiro atoms. The van der Waals surface area contributed by atoms with Crippen molar-refractivity contribution in [3.05, 3.63) is 33.9 Å². The molecule has 0 radical (unpaired) electrons. The van der Waals surface area contributed by atoms with E-state index < -0.39 is 10.8 Å². The van der Waals surface area contributed by atoms with Crippen molar-refractivity contribution in [3.63, 3.8) is 0 Å². The van der Waals surface area contributed by atoms with Crippen LogP contribution in [0.15, 0.2) is 18.2 Å². The van der Waals surface area contributed by atoms with Crippen LogP contribution < -0.4 is 16.4 Å². The number of nitro benzene ring substituents is 1. The first-order valence-corrected chi connectivity index (χ1v) is 7.06. The summed E-state index contributed by atoms with van der Waals surface area (Å²) in [5, 5.41) is 10.8. The van der Waals surface area contributed by atoms with Crippen LogP contribution in [0.1, 0.15) is 29.6 Å². The van der Waals surface area contributed by atoms with Crippen LogP contribution >= 0.6 is 0 Å². The van der Waals surface area contributed by atoms with Gasteiger partial charge in [0.1, 0.15) is 0 Å². The van der Waals surface area contributed by atoms with Gasteiger partial charge in [0.15, 0.2) is 0 Å². The molecule has 1 aromatic carbocycles. The van der Waals surface area contributed by atoms with Gasteiger partial charge in [-0.05, 0) is 37.8 Å². The number of primary amides is 1. The third-order valence-corrected chi connectivity index (χ3v) is 3.89. The van der Waals surface area contributed by atoms with Crippen molar-refractivity contribution in [1.29, 1.82) is 0 Å². The van der Waals surface area contributed by atoms with E-state index in [1.54, 1.807) is 6.07 Å². The maximum Gasteiger partial charge on any atom is 0.270 e. The fourth-order valence-electron chi connectivity index (χ4n) is 2.87. The van der Waals surface area contributed by atoms with Crippen LogP contribution in [-0.4, -0.2) is 30.5 Å². The molecule has 1 saturated heterocycles. The zero-order valence-corrected chi connectivity index (χ0v) is 11.8. The second kappa shape index (κ2) is 6.53. The van der Waals surface area contributed by atoms with Crippen molar-refractivity contribution in [3.8, 4) is 0 Å². The number of amides is 1. The Hall–Kier alpha value is -2.15. The van der Waals surface area contributed by atoms with E-state index >= 15 is 0 Å². The summed E-state index contributed by atoms with van der Waals surface area (Å²) < 4.78 is 0. The number of nitrogens with two attached hydrogens (primary N) is 2. The molecule has 0 saturated carbocycles. The fourth-order valence-corrected chi connectivity index (χ4v) is 2.87. The molecular weight excluding hydrogens is 272 g/mol. The van der Waals surface area contributed by atoms with Gasteiger partial charge < -0.3 is 16.4 Å². The number of anilines is 1. The van der Waals surface area contributed by atoms with Crippen LogP contribution in [0, 0.1) is 16.0 Å². The first kappa shape index (κ1) is 15.2. The zero-order valence-electron chi connectivity index (χ0n) is 11.8. The minimum absolute atomic E-state index is 0.122. The highest BCUT2D eigenvalue weighted by atomic mass is 16.6. The number of carbonyl (C=O) groups is 1. The monoisotopic (exact) mass is 292 g/mol. The van der Waals surface area contributed by atoms with Gasteiger partial charge in [-0.25, -0.2) is 0 Å². The van der Waals surface area contributed by atoms with E-state index in [0.717, 1.165) is 32.4 Å². The van der Waals surface area contributed by atoms with E-state index in [1.165, 1.54) is 12.1 Å². The van der Waals surface area contributed by atoms with Crippen LogP contribution in [0.25, 0.3) is 0 Å². The Morgan fingerprint density at radius 3 is 2.86 bits per heavy atom. The Morgan fingerprint density at radius 1 is 1.48 bits per heavy atom. The lowest BCUT2D eigenvalue weighted by Gasteiger charge is -2.35. The molecule has 4 N–H and O–H groups in total. The summed E-state index contributed by atoms with van der Waals surface area (Å²) in [6.45, 7) is 2.26. The summed E-state index contributed by atoms with van der Waals surface area (Å²) in [5.41, 5.74) is 11.7. The number of hydrogen-bond donors (Lipinski definition) is 2. The molecule has 1 atom stereocenters. The van der Waals surface area contributed by atoms with Crippen LogP contribution in [0.2, 0.25) is 0 Å². The van der Waals surface area contributed by atoms with Gasteiger partial charge in [0.05, 0.1) is 16.2 Å². The lowest BCUT2D eigenvalue weighted by molar-refractivity contribution is -0.384. The maximum absolute atomic E-state index is 11.6. The Labute approximate surface area is 123 Å². The highest BCUT2D eigenvalue weighted by molar-refractivity contribution is 5.99. The number of nitro groups is 1. The molecule has 2 rings (SSSR count). The lowest BCUT2D eigenvalue weighted by Crippen LogP contribution is -2.37. The number of piperidine rings is 1. The number of non-ortho nitro benzene ring substituents is 1. The Morgan fingerprint density at radius 2 is 2.24 bits per heavy atom. The largest absolute Gasteiger partial charge is 0.371 e. The zero-order chi connectivity index (χ0) is 15.4. The average molecular weight is 292 g/mol. The van der Waals surface area contributed by atoms with Crippen LogP contribution in [0.3, 0.4) is 0 Å². The second-order valence-electron chi connectivity index (χ2n) is 5.35. The summed E-state index contributed by atoms with van der Waals surface area (Å²) >= 11 is 0. The van der Waals surface area contributed by atoms with Gasteiger partial charge in [0, 0.05) is 25.2 Å². The lowest BCUT2D eigenvalue weighted by atomic mass is 9.94. The minimum atomic E-state index is -0.644. The highest BCUT2D eigenvalue weighted by Crippen LogP contribution is 2.29. The number of rotatable bonds is 5. The van der Waals surface area contributed by atoms with E-state index in [2.05, 4.69) is 4.90 Å². The van der Waals surface area contributed by atoms with Gasteiger partial charge in [-0.3, -0.25) is 14.9 Å². The molecule has 7 heteroatoms. The molecular formula is C14H20N4O3. The Balaban J connectivity index is 2.29. The average Bonchev–Trinajstić information content (AvgIpc) is 2.47. The van der Waals surface area contributed by atoms with Crippen molar-refractivity contribution >= 4 is 17.3 Å². The molecule has 1 unspecified atom stereocenters. The standard InChI is InChI=1S/C14H20N4O3/c15-6-5-10-2-1-7-17(9-10)13-4-3-11(18(20)21)8-12(13)14(16)19/h3-4,8,10H,1-2,5-7,9,15H2,(H2,16,19). The molecule has 1 aromatic rings. The summed E-state index contributed by atoms with van der Waals surface area (Å²) in [6.07, 6.45) is 3.07. The molecule has 0 aromatic heterocycles. The van der Waals surface area contributed by atoms with E-state index in [0.29, 0.717) is 18.2 Å². The fraction of sp³-hybridized carbons (Fsp3) is 0.500. The first-order chi connectivity index (χ1) is 10.0.